The second kappa shape index (κ2) is 6.59. The van der Waals surface area contributed by atoms with E-state index < -0.39 is 35.4 Å². The highest BCUT2D eigenvalue weighted by atomic mass is 16.4. The number of carboxylic acids is 1. The van der Waals surface area contributed by atoms with Crippen molar-refractivity contribution in [2.45, 2.75) is 45.1 Å². The van der Waals surface area contributed by atoms with Crippen LogP contribution >= 0.6 is 0 Å². The van der Waals surface area contributed by atoms with E-state index in [0.29, 0.717) is 5.82 Å². The number of aliphatic carboxylic acids is 1. The molecule has 120 valence electrons. The zero-order valence-electron chi connectivity index (χ0n) is 12.3. The first-order valence-electron chi connectivity index (χ1n) is 7.24. The molecule has 1 aliphatic rings. The van der Waals surface area contributed by atoms with E-state index in [2.05, 4.69) is 10.3 Å². The monoisotopic (exact) mass is 309 g/mol. The molecule has 0 saturated heterocycles. The standard InChI is InChI=1S/C14H19N3O5/c1-8-16-13(21)11(12(20)15-7-10(18)19)14(22)17(8)9-5-3-2-4-6-9/h9,22H,2-7H2,1H3,(H,15,20)(H,18,19). The molecule has 0 bridgehead atoms. The zero-order valence-corrected chi connectivity index (χ0v) is 12.3. The molecule has 1 amide bonds. The predicted molar refractivity (Wildman–Crippen MR) is 77.0 cm³/mol. The van der Waals surface area contributed by atoms with Crippen LogP contribution in [0.1, 0.15) is 54.3 Å². The van der Waals surface area contributed by atoms with E-state index in [4.69, 9.17) is 5.11 Å². The summed E-state index contributed by atoms with van der Waals surface area (Å²) in [6, 6.07) is -0.00660. The van der Waals surface area contributed by atoms with Crippen molar-refractivity contribution in [3.05, 3.63) is 21.7 Å². The van der Waals surface area contributed by atoms with Crippen molar-refractivity contribution in [1.29, 1.82) is 0 Å². The first-order valence-corrected chi connectivity index (χ1v) is 7.24. The quantitative estimate of drug-likeness (QED) is 0.748. The van der Waals surface area contributed by atoms with E-state index in [0.717, 1.165) is 32.1 Å². The van der Waals surface area contributed by atoms with Crippen LogP contribution in [0.25, 0.3) is 0 Å². The van der Waals surface area contributed by atoms with E-state index in [1.54, 1.807) is 6.92 Å². The van der Waals surface area contributed by atoms with Crippen molar-refractivity contribution in [3.8, 4) is 5.88 Å². The Hall–Kier alpha value is -2.38. The maximum Gasteiger partial charge on any atom is 0.322 e. The highest BCUT2D eigenvalue weighted by Gasteiger charge is 2.26. The van der Waals surface area contributed by atoms with Crippen LogP contribution in [-0.2, 0) is 4.79 Å². The van der Waals surface area contributed by atoms with Gasteiger partial charge in [-0.05, 0) is 19.8 Å². The molecule has 0 unspecified atom stereocenters. The number of carboxylic acid groups (broad SMARTS) is 1. The third-order valence-corrected chi connectivity index (χ3v) is 3.84. The van der Waals surface area contributed by atoms with Crippen molar-refractivity contribution in [3.63, 3.8) is 0 Å². The van der Waals surface area contributed by atoms with Gasteiger partial charge in [-0.15, -0.1) is 0 Å². The van der Waals surface area contributed by atoms with Gasteiger partial charge in [0.05, 0.1) is 0 Å². The number of nitrogens with one attached hydrogen (secondary N) is 1. The lowest BCUT2D eigenvalue weighted by molar-refractivity contribution is -0.135. The number of amides is 1. The average molecular weight is 309 g/mol. The molecule has 1 fully saturated rings. The third kappa shape index (κ3) is 3.26. The molecule has 1 heterocycles. The maximum atomic E-state index is 11.9. The SMILES string of the molecule is Cc1nc(=O)c(C(=O)NCC(=O)O)c(O)n1C1CCCCC1. The minimum absolute atomic E-state index is 0.00660. The Morgan fingerprint density at radius 1 is 1.32 bits per heavy atom. The van der Waals surface area contributed by atoms with Gasteiger partial charge in [0.25, 0.3) is 11.5 Å². The van der Waals surface area contributed by atoms with Gasteiger partial charge in [0.2, 0.25) is 5.88 Å². The number of aromatic hydroxyl groups is 1. The van der Waals surface area contributed by atoms with E-state index in [1.165, 1.54) is 4.57 Å². The topological polar surface area (TPSA) is 122 Å². The van der Waals surface area contributed by atoms with Gasteiger partial charge in [0, 0.05) is 6.04 Å². The Labute approximate surface area is 126 Å². The Bertz CT molecular complexity index is 647. The number of hydrogen-bond donors (Lipinski definition) is 3. The van der Waals surface area contributed by atoms with Gasteiger partial charge in [-0.2, -0.15) is 4.98 Å². The number of rotatable bonds is 4. The molecule has 0 radical (unpaired) electrons. The first-order chi connectivity index (χ1) is 10.4. The summed E-state index contributed by atoms with van der Waals surface area (Å²) in [5, 5.41) is 21.0. The largest absolute Gasteiger partial charge is 0.494 e. The summed E-state index contributed by atoms with van der Waals surface area (Å²) in [6.07, 6.45) is 4.83. The van der Waals surface area contributed by atoms with Crippen LogP contribution in [0.4, 0.5) is 0 Å². The molecule has 3 N–H and O–H groups in total. The minimum Gasteiger partial charge on any atom is -0.494 e. The minimum atomic E-state index is -1.24. The van der Waals surface area contributed by atoms with Crippen molar-refractivity contribution >= 4 is 11.9 Å². The molecule has 2 rings (SSSR count). The van der Waals surface area contributed by atoms with E-state index in [1.807, 2.05) is 0 Å². The first kappa shape index (κ1) is 16.0. The lowest BCUT2D eigenvalue weighted by atomic mass is 9.95. The summed E-state index contributed by atoms with van der Waals surface area (Å²) in [5.41, 5.74) is -1.36. The summed E-state index contributed by atoms with van der Waals surface area (Å²) in [4.78, 5) is 38.1. The van der Waals surface area contributed by atoms with Gasteiger partial charge in [0.15, 0.2) is 5.56 Å². The fourth-order valence-corrected chi connectivity index (χ4v) is 2.85. The highest BCUT2D eigenvalue weighted by molar-refractivity contribution is 5.97. The predicted octanol–water partition coefficient (Wildman–Crippen LogP) is 0.577. The van der Waals surface area contributed by atoms with Gasteiger partial charge >= 0.3 is 5.97 Å². The normalized spacial score (nSPS) is 15.5. The van der Waals surface area contributed by atoms with Gasteiger partial charge < -0.3 is 15.5 Å². The summed E-state index contributed by atoms with van der Waals surface area (Å²) in [6.45, 7) is 0.976. The van der Waals surface area contributed by atoms with Crippen LogP contribution in [0.2, 0.25) is 0 Å². The van der Waals surface area contributed by atoms with Crippen LogP contribution < -0.4 is 10.9 Å². The number of aromatic nitrogens is 2. The molecule has 1 aromatic rings. The molecule has 0 aliphatic heterocycles. The van der Waals surface area contributed by atoms with Gasteiger partial charge in [-0.25, -0.2) is 0 Å². The van der Waals surface area contributed by atoms with Crippen LogP contribution in [0.15, 0.2) is 4.79 Å². The molecule has 22 heavy (non-hydrogen) atoms. The second-order valence-corrected chi connectivity index (χ2v) is 5.40. The van der Waals surface area contributed by atoms with Gasteiger partial charge in [-0.1, -0.05) is 19.3 Å². The average Bonchev–Trinajstić information content (AvgIpc) is 2.45. The fraction of sp³-hybridized carbons (Fsp3) is 0.571. The van der Waals surface area contributed by atoms with Crippen molar-refractivity contribution in [2.24, 2.45) is 0 Å². The number of aryl methyl sites for hydroxylation is 1. The van der Waals surface area contributed by atoms with Crippen LogP contribution in [-0.4, -0.2) is 38.2 Å². The molecule has 0 spiro atoms. The maximum absolute atomic E-state index is 11.9. The molecule has 8 nitrogen and oxygen atoms in total. The number of carbonyl (C=O) groups is 2. The molecule has 1 aliphatic carbocycles. The molecule has 1 saturated carbocycles. The zero-order chi connectivity index (χ0) is 16.3. The summed E-state index contributed by atoms with van der Waals surface area (Å²) >= 11 is 0. The van der Waals surface area contributed by atoms with Crippen LogP contribution in [0.3, 0.4) is 0 Å². The molecule has 8 heteroatoms. The summed E-state index contributed by atoms with van der Waals surface area (Å²) < 4.78 is 1.51. The summed E-state index contributed by atoms with van der Waals surface area (Å²) in [5.74, 6) is -2.25. The van der Waals surface area contributed by atoms with E-state index in [-0.39, 0.29) is 6.04 Å². The Kier molecular flexibility index (Phi) is 4.79. The molecule has 1 aromatic heterocycles. The van der Waals surface area contributed by atoms with Crippen LogP contribution in [0, 0.1) is 6.92 Å². The number of carbonyl (C=O) groups excluding carboxylic acids is 1. The molecule has 0 atom stereocenters. The Morgan fingerprint density at radius 3 is 2.55 bits per heavy atom. The summed E-state index contributed by atoms with van der Waals surface area (Å²) in [7, 11) is 0. The van der Waals surface area contributed by atoms with E-state index >= 15 is 0 Å². The lowest BCUT2D eigenvalue weighted by Crippen LogP contribution is -2.35. The molecule has 0 aromatic carbocycles. The van der Waals surface area contributed by atoms with Crippen LogP contribution in [0.5, 0.6) is 5.88 Å². The van der Waals surface area contributed by atoms with Gasteiger partial charge in [0.1, 0.15) is 12.4 Å². The van der Waals surface area contributed by atoms with Crippen molar-refractivity contribution in [1.82, 2.24) is 14.9 Å². The lowest BCUT2D eigenvalue weighted by Gasteiger charge is -2.27. The molecular formula is C14H19N3O5. The fourth-order valence-electron chi connectivity index (χ4n) is 2.85. The second-order valence-electron chi connectivity index (χ2n) is 5.40. The van der Waals surface area contributed by atoms with Gasteiger partial charge in [-0.3, -0.25) is 19.0 Å². The number of nitrogens with zero attached hydrogens (tertiary/aromatic N) is 2. The third-order valence-electron chi connectivity index (χ3n) is 3.84. The Balaban J connectivity index is 2.39. The number of hydrogen-bond acceptors (Lipinski definition) is 5. The van der Waals surface area contributed by atoms with E-state index in [9.17, 15) is 19.5 Å². The van der Waals surface area contributed by atoms with Crippen molar-refractivity contribution < 1.29 is 19.8 Å². The Morgan fingerprint density at radius 2 is 1.95 bits per heavy atom. The smallest absolute Gasteiger partial charge is 0.322 e. The molecular weight excluding hydrogens is 290 g/mol. The highest BCUT2D eigenvalue weighted by Crippen LogP contribution is 2.32. The van der Waals surface area contributed by atoms with Crippen molar-refractivity contribution in [2.75, 3.05) is 6.54 Å².